The third-order valence-electron chi connectivity index (χ3n) is 3.92. The Hall–Kier alpha value is -1.35. The van der Waals surface area contributed by atoms with E-state index in [1.165, 1.54) is 6.42 Å². The topological polar surface area (TPSA) is 35.5 Å². The van der Waals surface area contributed by atoms with Crippen LogP contribution in [0.1, 0.15) is 49.0 Å². The lowest BCUT2D eigenvalue weighted by Crippen LogP contribution is -2.30. The molecule has 0 N–H and O–H groups in total. The van der Waals surface area contributed by atoms with Crippen LogP contribution >= 0.6 is 0 Å². The predicted octanol–water partition coefficient (Wildman–Crippen LogP) is 3.91. The summed E-state index contributed by atoms with van der Waals surface area (Å²) in [6.07, 6.45) is 3.35. The van der Waals surface area contributed by atoms with E-state index in [-0.39, 0.29) is 6.10 Å². The summed E-state index contributed by atoms with van der Waals surface area (Å²) >= 11 is 0. The van der Waals surface area contributed by atoms with Crippen LogP contribution in [0.2, 0.25) is 0 Å². The first-order valence-electron chi connectivity index (χ1n) is 7.00. The molecule has 104 valence electrons. The second-order valence-corrected chi connectivity index (χ2v) is 5.77. The van der Waals surface area contributed by atoms with Crippen molar-refractivity contribution in [3.63, 3.8) is 0 Å². The van der Waals surface area contributed by atoms with Gasteiger partial charge in [0.2, 0.25) is 0 Å². The molecule has 0 bridgehead atoms. The van der Waals surface area contributed by atoms with Crippen LogP contribution in [0.4, 0.5) is 0 Å². The third-order valence-corrected chi connectivity index (χ3v) is 3.92. The van der Waals surface area contributed by atoms with Crippen molar-refractivity contribution in [3.05, 3.63) is 35.4 Å². The number of carbonyl (C=O) groups excluding carboxylic acids is 1. The highest BCUT2D eigenvalue weighted by molar-refractivity contribution is 5.88. The van der Waals surface area contributed by atoms with Gasteiger partial charge in [-0.05, 0) is 43.7 Å². The van der Waals surface area contributed by atoms with Crippen LogP contribution in [0.15, 0.2) is 24.3 Å². The van der Waals surface area contributed by atoms with Crippen LogP contribution in [0.5, 0.6) is 0 Å². The summed E-state index contributed by atoms with van der Waals surface area (Å²) in [6, 6.07) is 7.30. The number of aryl methyl sites for hydroxylation is 1. The molecular formula is C16H22O3. The summed E-state index contributed by atoms with van der Waals surface area (Å²) in [5.74, 6) is 0.673. The van der Waals surface area contributed by atoms with Crippen LogP contribution in [0.25, 0.3) is 0 Å². The van der Waals surface area contributed by atoms with Gasteiger partial charge in [0, 0.05) is 0 Å². The Bertz CT molecular complexity index is 424. The molecule has 3 atom stereocenters. The van der Waals surface area contributed by atoms with Gasteiger partial charge in [-0.25, -0.2) is 4.79 Å². The van der Waals surface area contributed by atoms with E-state index < -0.39 is 5.97 Å². The first kappa shape index (κ1) is 14.1. The Labute approximate surface area is 114 Å². The Morgan fingerprint density at radius 1 is 1.16 bits per heavy atom. The average Bonchev–Trinajstić information content (AvgIpc) is 2.40. The Kier molecular flexibility index (Phi) is 4.59. The van der Waals surface area contributed by atoms with E-state index in [0.717, 1.165) is 18.4 Å². The largest absolute Gasteiger partial charge is 0.373 e. The van der Waals surface area contributed by atoms with E-state index in [4.69, 9.17) is 9.78 Å². The van der Waals surface area contributed by atoms with Crippen molar-refractivity contribution in [3.8, 4) is 0 Å². The lowest BCUT2D eigenvalue weighted by molar-refractivity contribution is -0.291. The maximum Gasteiger partial charge on any atom is 0.373 e. The molecule has 0 radical (unpaired) electrons. The van der Waals surface area contributed by atoms with Crippen molar-refractivity contribution in [2.75, 3.05) is 0 Å². The molecule has 0 aliphatic heterocycles. The summed E-state index contributed by atoms with van der Waals surface area (Å²) < 4.78 is 0. The zero-order chi connectivity index (χ0) is 13.8. The van der Waals surface area contributed by atoms with E-state index in [1.807, 2.05) is 19.1 Å². The molecule has 0 aromatic heterocycles. The number of hydrogen-bond donors (Lipinski definition) is 0. The van der Waals surface area contributed by atoms with Gasteiger partial charge in [-0.2, -0.15) is 4.89 Å². The van der Waals surface area contributed by atoms with Crippen molar-refractivity contribution in [1.29, 1.82) is 0 Å². The van der Waals surface area contributed by atoms with Crippen molar-refractivity contribution in [1.82, 2.24) is 0 Å². The van der Waals surface area contributed by atoms with Crippen LogP contribution in [0.3, 0.4) is 0 Å². The number of hydrogen-bond acceptors (Lipinski definition) is 3. The molecule has 1 aliphatic rings. The Morgan fingerprint density at radius 3 is 2.53 bits per heavy atom. The molecular weight excluding hydrogens is 240 g/mol. The van der Waals surface area contributed by atoms with Gasteiger partial charge in [0.1, 0.15) is 6.10 Å². The lowest BCUT2D eigenvalue weighted by Gasteiger charge is -2.30. The van der Waals surface area contributed by atoms with Gasteiger partial charge in [0.25, 0.3) is 0 Å². The van der Waals surface area contributed by atoms with E-state index in [9.17, 15) is 4.79 Å². The number of rotatable bonds is 3. The molecule has 1 fully saturated rings. The molecule has 3 heteroatoms. The first-order valence-corrected chi connectivity index (χ1v) is 7.00. The molecule has 3 nitrogen and oxygen atoms in total. The SMILES string of the molecule is Cc1ccc(C(=O)OOC2CC(C)CCC2C)cc1. The fourth-order valence-corrected chi connectivity index (χ4v) is 2.46. The van der Waals surface area contributed by atoms with Crippen molar-refractivity contribution in [2.45, 2.75) is 46.1 Å². The fraction of sp³-hybridized carbons (Fsp3) is 0.562. The molecule has 0 amide bonds. The summed E-state index contributed by atoms with van der Waals surface area (Å²) in [5.41, 5.74) is 1.65. The molecule has 0 heterocycles. The number of carbonyl (C=O) groups is 1. The zero-order valence-corrected chi connectivity index (χ0v) is 11.9. The summed E-state index contributed by atoms with van der Waals surface area (Å²) in [4.78, 5) is 22.2. The lowest BCUT2D eigenvalue weighted by atomic mass is 9.82. The molecule has 19 heavy (non-hydrogen) atoms. The van der Waals surface area contributed by atoms with E-state index in [2.05, 4.69) is 13.8 Å². The summed E-state index contributed by atoms with van der Waals surface area (Å²) in [7, 11) is 0. The van der Waals surface area contributed by atoms with Gasteiger partial charge in [0.15, 0.2) is 0 Å². The molecule has 1 aromatic carbocycles. The van der Waals surface area contributed by atoms with Gasteiger partial charge < -0.3 is 0 Å². The van der Waals surface area contributed by atoms with Crippen LogP contribution in [-0.2, 0) is 9.78 Å². The highest BCUT2D eigenvalue weighted by atomic mass is 17.2. The van der Waals surface area contributed by atoms with E-state index >= 15 is 0 Å². The quantitative estimate of drug-likeness (QED) is 0.612. The highest BCUT2D eigenvalue weighted by Crippen LogP contribution is 2.30. The molecule has 2 rings (SSSR count). The predicted molar refractivity (Wildman–Crippen MR) is 73.6 cm³/mol. The minimum absolute atomic E-state index is 0.0261. The molecule has 1 aromatic rings. The van der Waals surface area contributed by atoms with Gasteiger partial charge in [0.05, 0.1) is 5.56 Å². The minimum atomic E-state index is -0.412. The van der Waals surface area contributed by atoms with Gasteiger partial charge in [-0.15, -0.1) is 0 Å². The molecule has 1 saturated carbocycles. The standard InChI is InChI=1S/C16H22O3/c1-11-5-8-14(9-6-11)16(17)19-18-15-10-12(2)4-7-13(15)3/h5-6,8-9,12-13,15H,4,7,10H2,1-3H3. The van der Waals surface area contributed by atoms with Crippen molar-refractivity contribution < 1.29 is 14.6 Å². The Balaban J connectivity index is 1.87. The number of benzene rings is 1. The van der Waals surface area contributed by atoms with E-state index in [1.54, 1.807) is 12.1 Å². The van der Waals surface area contributed by atoms with Gasteiger partial charge in [-0.3, -0.25) is 4.89 Å². The Morgan fingerprint density at radius 2 is 1.84 bits per heavy atom. The fourth-order valence-electron chi connectivity index (χ4n) is 2.46. The summed E-state index contributed by atoms with van der Waals surface area (Å²) in [6.45, 7) is 6.34. The molecule has 0 spiro atoms. The molecule has 3 unspecified atom stereocenters. The first-order chi connectivity index (χ1) is 9.06. The highest BCUT2D eigenvalue weighted by Gasteiger charge is 2.28. The zero-order valence-electron chi connectivity index (χ0n) is 11.9. The van der Waals surface area contributed by atoms with Crippen molar-refractivity contribution >= 4 is 5.97 Å². The van der Waals surface area contributed by atoms with Crippen LogP contribution in [-0.4, -0.2) is 12.1 Å². The van der Waals surface area contributed by atoms with Crippen LogP contribution < -0.4 is 0 Å². The second-order valence-electron chi connectivity index (χ2n) is 5.77. The van der Waals surface area contributed by atoms with E-state index in [0.29, 0.717) is 17.4 Å². The molecule has 1 aliphatic carbocycles. The van der Waals surface area contributed by atoms with Gasteiger partial charge in [-0.1, -0.05) is 38.0 Å². The monoisotopic (exact) mass is 262 g/mol. The van der Waals surface area contributed by atoms with Crippen LogP contribution in [0, 0.1) is 18.8 Å². The second kappa shape index (κ2) is 6.20. The maximum atomic E-state index is 11.8. The third kappa shape index (κ3) is 3.80. The normalized spacial score (nSPS) is 27.0. The van der Waals surface area contributed by atoms with Crippen molar-refractivity contribution in [2.24, 2.45) is 11.8 Å². The summed E-state index contributed by atoms with van der Waals surface area (Å²) in [5, 5.41) is 0. The average molecular weight is 262 g/mol. The van der Waals surface area contributed by atoms with Gasteiger partial charge >= 0.3 is 5.97 Å². The minimum Gasteiger partial charge on any atom is -0.293 e. The molecule has 0 saturated heterocycles. The maximum absolute atomic E-state index is 11.8. The smallest absolute Gasteiger partial charge is 0.293 e.